The van der Waals surface area contributed by atoms with Crippen molar-refractivity contribution in [2.45, 2.75) is 23.3 Å². The summed E-state index contributed by atoms with van der Waals surface area (Å²) < 4.78 is 224. The molecule has 2 rings (SSSR count). The van der Waals surface area contributed by atoms with Crippen molar-refractivity contribution in [3.8, 4) is 0 Å². The summed E-state index contributed by atoms with van der Waals surface area (Å²) in [7, 11) is -7.89. The van der Waals surface area contributed by atoms with Gasteiger partial charge in [0.2, 0.25) is 0 Å². The minimum absolute atomic E-state index is 0.344. The molecule has 0 saturated carbocycles. The van der Waals surface area contributed by atoms with Crippen molar-refractivity contribution < 1.29 is 97.0 Å². The van der Waals surface area contributed by atoms with Crippen molar-refractivity contribution in [2.24, 2.45) is 0 Å². The zero-order valence-corrected chi connectivity index (χ0v) is 19.0. The Morgan fingerprint density at radius 2 is 0.889 bits per heavy atom. The van der Waals surface area contributed by atoms with E-state index in [9.17, 15) is 74.3 Å². The first-order valence-corrected chi connectivity index (χ1v) is 12.6. The highest BCUT2D eigenvalue weighted by Crippen LogP contribution is 2.54. The summed E-state index contributed by atoms with van der Waals surface area (Å²) in [5.74, 6) is -28.6. The molecule has 0 aliphatic rings. The first-order valence-electron chi connectivity index (χ1n) is 8.13. The van der Waals surface area contributed by atoms with E-state index in [1.807, 2.05) is 0 Å². The van der Waals surface area contributed by atoms with Gasteiger partial charge in [-0.3, -0.25) is 0 Å². The van der Waals surface area contributed by atoms with Crippen LogP contribution in [0.5, 0.6) is 0 Å². The second-order valence-corrected chi connectivity index (χ2v) is 12.5. The Kier molecular flexibility index (Phi) is 7.90. The third kappa shape index (κ3) is 4.94. The van der Waals surface area contributed by atoms with Crippen molar-refractivity contribution in [3.63, 3.8) is 0 Å². The van der Waals surface area contributed by atoms with E-state index in [2.05, 4.69) is 2.51 Å². The first kappa shape index (κ1) is 30.3. The maximum Gasteiger partial charge on any atom is 0.460 e. The van der Waals surface area contributed by atoms with E-state index in [1.165, 1.54) is 0 Å². The molecular formula is C16H4F15IO3S+. The lowest BCUT2D eigenvalue weighted by Gasteiger charge is -2.31. The maximum atomic E-state index is 14.2. The van der Waals surface area contributed by atoms with E-state index < -0.39 is 95.7 Å². The van der Waals surface area contributed by atoms with Crippen LogP contribution in [0.1, 0.15) is 0 Å². The van der Waals surface area contributed by atoms with Gasteiger partial charge in [0.1, 0.15) is 11.6 Å². The topological polar surface area (TPSA) is 43.4 Å². The number of benzene rings is 2. The minimum Gasteiger partial charge on any atom is -0.207 e. The molecule has 2 aromatic rings. The van der Waals surface area contributed by atoms with Gasteiger partial charge in [-0.05, 0) is 2.51 Å². The second kappa shape index (κ2) is 9.40. The fourth-order valence-electron chi connectivity index (χ4n) is 2.17. The largest absolute Gasteiger partial charge is 0.460 e. The lowest BCUT2D eigenvalue weighted by atomic mass is 10.1. The number of rotatable bonds is 7. The van der Waals surface area contributed by atoms with Crippen molar-refractivity contribution in [1.29, 1.82) is 0 Å². The molecule has 36 heavy (non-hydrogen) atoms. The third-order valence-corrected chi connectivity index (χ3v) is 11.5. The highest BCUT2D eigenvalue weighted by atomic mass is 127. The molecule has 0 aliphatic heterocycles. The van der Waals surface area contributed by atoms with Crippen LogP contribution in [-0.4, -0.2) is 31.7 Å². The van der Waals surface area contributed by atoms with Crippen molar-refractivity contribution in [1.82, 2.24) is 0 Å². The van der Waals surface area contributed by atoms with E-state index >= 15 is 0 Å². The number of hydrogen-bond acceptors (Lipinski definition) is 3. The van der Waals surface area contributed by atoms with E-state index in [1.54, 1.807) is 0 Å². The van der Waals surface area contributed by atoms with Crippen LogP contribution in [0.15, 0.2) is 24.3 Å². The Labute approximate surface area is 196 Å². The molecule has 0 unspecified atom stereocenters. The van der Waals surface area contributed by atoms with Crippen molar-refractivity contribution >= 4 is 10.1 Å². The summed E-state index contributed by atoms with van der Waals surface area (Å²) in [5.41, 5.74) is 0. The molecule has 0 atom stereocenters. The Morgan fingerprint density at radius 1 is 0.583 bits per heavy atom. The van der Waals surface area contributed by atoms with Crippen LogP contribution in [-0.2, 0) is 12.6 Å². The summed E-state index contributed by atoms with van der Waals surface area (Å²) in [6.45, 7) is 0. The minimum atomic E-state index is -7.89. The lowest BCUT2D eigenvalue weighted by molar-refractivity contribution is -1.03. The molecule has 0 saturated heterocycles. The molecule has 2 aromatic carbocycles. The summed E-state index contributed by atoms with van der Waals surface area (Å²) in [6, 6.07) is -1.38. The molecule has 0 aliphatic carbocycles. The van der Waals surface area contributed by atoms with E-state index in [0.717, 1.165) is 0 Å². The summed E-state index contributed by atoms with van der Waals surface area (Å²) in [5, 5.41) is -7.56. The van der Waals surface area contributed by atoms with Gasteiger partial charge in [0, 0.05) is 24.3 Å². The van der Waals surface area contributed by atoms with Crippen molar-refractivity contribution in [3.05, 3.63) is 66.3 Å². The smallest absolute Gasteiger partial charge is 0.207 e. The number of hydrogen-bond donors (Lipinski definition) is 0. The summed E-state index contributed by atoms with van der Waals surface area (Å²) in [4.78, 5) is 0. The monoisotopic (exact) mass is 688 g/mol. The molecule has 203 valence electrons. The molecule has 1 radical (unpaired) electrons. The molecule has 0 bridgehead atoms. The molecule has 0 N–H and O–H groups in total. The first-order chi connectivity index (χ1) is 16.0. The van der Waals surface area contributed by atoms with Gasteiger partial charge < -0.3 is 0 Å². The van der Waals surface area contributed by atoms with Crippen LogP contribution in [0.2, 0.25) is 0 Å². The van der Waals surface area contributed by atoms with E-state index in [4.69, 9.17) is 0 Å². The Bertz CT molecular complexity index is 1170. The van der Waals surface area contributed by atoms with Gasteiger partial charge in [-0.25, -0.2) is 26.3 Å². The van der Waals surface area contributed by atoms with Gasteiger partial charge in [-0.15, -0.1) is 0 Å². The molecule has 0 heterocycles. The van der Waals surface area contributed by atoms with Gasteiger partial charge in [0.05, 0.1) is 0 Å². The van der Waals surface area contributed by atoms with Gasteiger partial charge in [0.25, 0.3) is 7.14 Å². The zero-order chi connectivity index (χ0) is 28.2. The fourth-order valence-corrected chi connectivity index (χ4v) is 9.20. The van der Waals surface area contributed by atoms with Crippen LogP contribution in [0.4, 0.5) is 65.9 Å². The van der Waals surface area contributed by atoms with Gasteiger partial charge in [0.15, 0.2) is 23.3 Å². The van der Waals surface area contributed by atoms with Crippen molar-refractivity contribution in [2.75, 3.05) is 0 Å². The third-order valence-electron chi connectivity index (χ3n) is 3.82. The molecule has 3 nitrogen and oxygen atoms in total. The molecule has 0 amide bonds. The van der Waals surface area contributed by atoms with Gasteiger partial charge in [-0.2, -0.15) is 47.9 Å². The lowest BCUT2D eigenvalue weighted by Crippen LogP contribution is -3.86. The highest BCUT2D eigenvalue weighted by molar-refractivity contribution is 7.87. The van der Waals surface area contributed by atoms with Crippen LogP contribution in [0, 0.1) is 42.0 Å². The number of alkyl halides is 9. The van der Waals surface area contributed by atoms with E-state index in [-0.39, 0.29) is 24.3 Å². The standard InChI is InChI=1S/C16H4F15IO3S/c17-5-1-7(19)11(8(20)2-5)32(12-9(21)3-6(18)4-10(12)22)35-36(33,34)16(30,31)14(25,26)13(23,24)15(27,28)29/h1-4H/q+1. The SMILES string of the molecule is O=S(=O)(O[I+](c1c(F)cc(F)cc1F)c1c(F)cc(F)cc1F)C(F)(F)C(F)(F)C(F)(F)C(F)(F)F. The Morgan fingerprint density at radius 3 is 1.17 bits per heavy atom. The van der Waals surface area contributed by atoms with Crippen LogP contribution < -0.4 is 20.2 Å². The summed E-state index contributed by atoms with van der Waals surface area (Å²) >= 11 is -6.05. The summed E-state index contributed by atoms with van der Waals surface area (Å²) in [6.07, 6.45) is -7.49. The predicted molar refractivity (Wildman–Crippen MR) is 80.9 cm³/mol. The van der Waals surface area contributed by atoms with Crippen LogP contribution >= 0.6 is 0 Å². The van der Waals surface area contributed by atoms with Gasteiger partial charge in [-0.1, -0.05) is 0 Å². The van der Waals surface area contributed by atoms with E-state index in [0.29, 0.717) is 0 Å². The molecule has 0 aromatic heterocycles. The molecule has 0 fully saturated rings. The average Bonchev–Trinajstić information content (AvgIpc) is 2.64. The zero-order valence-electron chi connectivity index (χ0n) is 16.0. The molecule has 20 heteroatoms. The van der Waals surface area contributed by atoms with Gasteiger partial charge >= 0.3 is 53.6 Å². The quantitative estimate of drug-likeness (QED) is 0.195. The second-order valence-electron chi connectivity index (χ2n) is 6.30. The maximum absolute atomic E-state index is 14.2. The Balaban J connectivity index is 2.83. The van der Waals surface area contributed by atoms with Crippen LogP contribution in [0.25, 0.3) is 0 Å². The van der Waals surface area contributed by atoms with Crippen LogP contribution in [0.3, 0.4) is 0 Å². The average molecular weight is 688 g/mol. The number of halogens is 16. The fraction of sp³-hybridized carbons (Fsp3) is 0.250. The predicted octanol–water partition coefficient (Wildman–Crippen LogP) is 2.87. The normalized spacial score (nSPS) is 14.0. The molecular weight excluding hydrogens is 684 g/mol. The highest BCUT2D eigenvalue weighted by Gasteiger charge is 2.86. The Hall–Kier alpha value is -1.97. The molecule has 0 spiro atoms.